The number of rotatable bonds is 4. The minimum absolute atomic E-state index is 0.149. The normalized spacial score (nSPS) is 17.3. The van der Waals surface area contributed by atoms with E-state index in [0.717, 1.165) is 5.56 Å². The SMILES string of the molecule is CCN1C(=O)/C(=C/c2ccc(C(=O)O)cc2)SC1=Nc1ccncc1Cl. The second-order valence-corrected chi connectivity index (χ2v) is 6.72. The van der Waals surface area contributed by atoms with Gasteiger partial charge >= 0.3 is 5.97 Å². The number of carbonyl (C=O) groups excluding carboxylic acids is 1. The number of carboxylic acids is 1. The molecule has 2 heterocycles. The Labute approximate surface area is 159 Å². The summed E-state index contributed by atoms with van der Waals surface area (Å²) >= 11 is 7.34. The maximum Gasteiger partial charge on any atom is 0.335 e. The van der Waals surface area contributed by atoms with Crippen LogP contribution < -0.4 is 0 Å². The third-order valence-corrected chi connectivity index (χ3v) is 4.92. The topological polar surface area (TPSA) is 82.9 Å². The predicted molar refractivity (Wildman–Crippen MR) is 103 cm³/mol. The monoisotopic (exact) mass is 387 g/mol. The number of aromatic nitrogens is 1. The molecule has 0 atom stereocenters. The van der Waals surface area contributed by atoms with E-state index in [1.165, 1.54) is 30.1 Å². The highest BCUT2D eigenvalue weighted by atomic mass is 35.5. The largest absolute Gasteiger partial charge is 0.478 e. The summed E-state index contributed by atoms with van der Waals surface area (Å²) in [6.07, 6.45) is 4.81. The van der Waals surface area contributed by atoms with Crippen LogP contribution in [0.4, 0.5) is 5.69 Å². The van der Waals surface area contributed by atoms with Crippen LogP contribution in [0.25, 0.3) is 6.08 Å². The second kappa shape index (κ2) is 7.72. The number of amides is 1. The molecular weight excluding hydrogens is 374 g/mol. The van der Waals surface area contributed by atoms with E-state index in [1.807, 2.05) is 6.92 Å². The summed E-state index contributed by atoms with van der Waals surface area (Å²) in [6, 6.07) is 8.01. The number of aliphatic imine (C=N–C) groups is 1. The first kappa shape index (κ1) is 18.2. The van der Waals surface area contributed by atoms with Gasteiger partial charge in [0.25, 0.3) is 5.91 Å². The number of thioether (sulfide) groups is 1. The number of hydrogen-bond donors (Lipinski definition) is 1. The quantitative estimate of drug-likeness (QED) is 0.800. The van der Waals surface area contributed by atoms with Crippen LogP contribution >= 0.6 is 23.4 Å². The van der Waals surface area contributed by atoms with Gasteiger partial charge < -0.3 is 5.11 Å². The Morgan fingerprint density at radius 2 is 2.08 bits per heavy atom. The lowest BCUT2D eigenvalue weighted by molar-refractivity contribution is -0.122. The molecule has 132 valence electrons. The number of carbonyl (C=O) groups is 2. The van der Waals surface area contributed by atoms with Gasteiger partial charge in [-0.1, -0.05) is 23.7 Å². The smallest absolute Gasteiger partial charge is 0.335 e. The van der Waals surface area contributed by atoms with Crippen LogP contribution in [0.1, 0.15) is 22.8 Å². The van der Waals surface area contributed by atoms with E-state index in [4.69, 9.17) is 16.7 Å². The first-order valence-electron chi connectivity index (χ1n) is 7.72. The van der Waals surface area contributed by atoms with Crippen LogP contribution in [-0.4, -0.2) is 38.6 Å². The molecule has 1 fully saturated rings. The van der Waals surface area contributed by atoms with E-state index in [2.05, 4.69) is 9.98 Å². The molecule has 3 rings (SSSR count). The Kier molecular flexibility index (Phi) is 5.39. The van der Waals surface area contributed by atoms with Crippen molar-refractivity contribution in [3.05, 3.63) is 63.8 Å². The van der Waals surface area contributed by atoms with Gasteiger partial charge in [-0.2, -0.15) is 0 Å². The lowest BCUT2D eigenvalue weighted by Gasteiger charge is -2.12. The Bertz CT molecular complexity index is 926. The first-order valence-corrected chi connectivity index (χ1v) is 8.92. The average Bonchev–Trinajstić information content (AvgIpc) is 2.92. The standard InChI is InChI=1S/C18H14ClN3O3S/c1-2-22-16(23)15(9-11-3-5-12(6-4-11)17(24)25)26-18(22)21-14-7-8-20-10-13(14)19/h3-10H,2H2,1H3,(H,24,25)/b15-9-,21-18?. The molecule has 0 aliphatic carbocycles. The van der Waals surface area contributed by atoms with Gasteiger partial charge in [-0.3, -0.25) is 14.7 Å². The molecular formula is C18H14ClN3O3S. The number of benzene rings is 1. The number of likely N-dealkylation sites (N-methyl/N-ethyl adjacent to an activating group) is 1. The van der Waals surface area contributed by atoms with E-state index >= 15 is 0 Å². The van der Waals surface area contributed by atoms with Gasteiger partial charge in [0, 0.05) is 18.9 Å². The van der Waals surface area contributed by atoms with Gasteiger partial charge in [-0.25, -0.2) is 9.79 Å². The van der Waals surface area contributed by atoms with Crippen molar-refractivity contribution < 1.29 is 14.7 Å². The number of aromatic carboxylic acids is 1. The van der Waals surface area contributed by atoms with Gasteiger partial charge in [-0.05, 0) is 48.5 Å². The van der Waals surface area contributed by atoms with Crippen LogP contribution in [0.2, 0.25) is 5.02 Å². The fraction of sp³-hybridized carbons (Fsp3) is 0.111. The third-order valence-electron chi connectivity index (χ3n) is 3.63. The van der Waals surface area contributed by atoms with Crippen molar-refractivity contribution in [1.29, 1.82) is 0 Å². The minimum atomic E-state index is -0.990. The van der Waals surface area contributed by atoms with Crippen molar-refractivity contribution in [1.82, 2.24) is 9.88 Å². The van der Waals surface area contributed by atoms with Crippen molar-refractivity contribution in [2.45, 2.75) is 6.92 Å². The molecule has 1 N–H and O–H groups in total. The van der Waals surface area contributed by atoms with Crippen molar-refractivity contribution >= 4 is 52.2 Å². The first-order chi connectivity index (χ1) is 12.5. The van der Waals surface area contributed by atoms with Crippen LogP contribution in [0.5, 0.6) is 0 Å². The van der Waals surface area contributed by atoms with Crippen molar-refractivity contribution in [3.8, 4) is 0 Å². The molecule has 8 heteroatoms. The lowest BCUT2D eigenvalue weighted by Crippen LogP contribution is -2.28. The van der Waals surface area contributed by atoms with Crippen LogP contribution in [0.3, 0.4) is 0 Å². The molecule has 2 aromatic rings. The molecule has 1 aliphatic rings. The van der Waals surface area contributed by atoms with E-state index in [-0.39, 0.29) is 11.5 Å². The molecule has 0 radical (unpaired) electrons. The summed E-state index contributed by atoms with van der Waals surface area (Å²) in [7, 11) is 0. The van der Waals surface area contributed by atoms with E-state index in [0.29, 0.717) is 27.3 Å². The lowest BCUT2D eigenvalue weighted by atomic mass is 10.1. The summed E-state index contributed by atoms with van der Waals surface area (Å²) in [4.78, 5) is 34.0. The molecule has 0 saturated carbocycles. The van der Waals surface area contributed by atoms with Gasteiger partial charge in [0.1, 0.15) is 0 Å². The molecule has 0 bridgehead atoms. The fourth-order valence-corrected chi connectivity index (χ4v) is 3.52. The average molecular weight is 388 g/mol. The van der Waals surface area contributed by atoms with Crippen molar-refractivity contribution in [2.24, 2.45) is 4.99 Å². The number of halogens is 1. The zero-order valence-electron chi connectivity index (χ0n) is 13.7. The molecule has 0 spiro atoms. The molecule has 1 aromatic heterocycles. The zero-order chi connectivity index (χ0) is 18.7. The summed E-state index contributed by atoms with van der Waals surface area (Å²) in [5, 5.41) is 9.90. The Morgan fingerprint density at radius 3 is 2.69 bits per heavy atom. The zero-order valence-corrected chi connectivity index (χ0v) is 15.3. The highest BCUT2D eigenvalue weighted by molar-refractivity contribution is 8.18. The molecule has 1 aliphatic heterocycles. The number of carboxylic acid groups (broad SMARTS) is 1. The molecule has 1 aromatic carbocycles. The predicted octanol–water partition coefficient (Wildman–Crippen LogP) is 4.06. The highest BCUT2D eigenvalue weighted by Crippen LogP contribution is 2.35. The Morgan fingerprint density at radius 1 is 1.35 bits per heavy atom. The number of hydrogen-bond acceptors (Lipinski definition) is 5. The Balaban J connectivity index is 1.91. The van der Waals surface area contributed by atoms with E-state index < -0.39 is 5.97 Å². The van der Waals surface area contributed by atoms with Gasteiger partial charge in [-0.15, -0.1) is 0 Å². The maximum atomic E-state index is 12.6. The Hall–Kier alpha value is -2.64. The summed E-state index contributed by atoms with van der Waals surface area (Å²) < 4.78 is 0. The van der Waals surface area contributed by atoms with Crippen LogP contribution in [-0.2, 0) is 4.79 Å². The number of nitrogens with zero attached hydrogens (tertiary/aromatic N) is 3. The fourth-order valence-electron chi connectivity index (χ4n) is 2.31. The van der Waals surface area contributed by atoms with Crippen LogP contribution in [0.15, 0.2) is 52.6 Å². The third kappa shape index (κ3) is 3.79. The highest BCUT2D eigenvalue weighted by Gasteiger charge is 2.32. The summed E-state index contributed by atoms with van der Waals surface area (Å²) in [5.74, 6) is -1.14. The van der Waals surface area contributed by atoms with Crippen molar-refractivity contribution in [3.63, 3.8) is 0 Å². The maximum absolute atomic E-state index is 12.6. The molecule has 1 amide bonds. The van der Waals surface area contributed by atoms with E-state index in [1.54, 1.807) is 35.4 Å². The second-order valence-electron chi connectivity index (χ2n) is 5.31. The number of pyridine rings is 1. The molecule has 1 saturated heterocycles. The van der Waals surface area contributed by atoms with Gasteiger partial charge in [0.05, 0.1) is 21.2 Å². The summed E-state index contributed by atoms with van der Waals surface area (Å²) in [5.41, 5.74) is 1.48. The molecule has 0 unspecified atom stereocenters. The van der Waals surface area contributed by atoms with E-state index in [9.17, 15) is 9.59 Å². The summed E-state index contributed by atoms with van der Waals surface area (Å²) in [6.45, 7) is 2.34. The van der Waals surface area contributed by atoms with Crippen molar-refractivity contribution in [2.75, 3.05) is 6.54 Å². The number of amidine groups is 1. The minimum Gasteiger partial charge on any atom is -0.478 e. The van der Waals surface area contributed by atoms with Gasteiger partial charge in [0.2, 0.25) is 0 Å². The van der Waals surface area contributed by atoms with Gasteiger partial charge in [0.15, 0.2) is 5.17 Å². The van der Waals surface area contributed by atoms with Crippen LogP contribution in [0, 0.1) is 0 Å². The molecule has 26 heavy (non-hydrogen) atoms. The molecule has 6 nitrogen and oxygen atoms in total.